The predicted octanol–water partition coefficient (Wildman–Crippen LogP) is 3.64. The molecule has 8 heteroatoms. The summed E-state index contributed by atoms with van der Waals surface area (Å²) in [7, 11) is 0. The first-order chi connectivity index (χ1) is 15.1. The summed E-state index contributed by atoms with van der Waals surface area (Å²) in [6, 6.07) is 8.01. The van der Waals surface area contributed by atoms with Crippen molar-refractivity contribution >= 4 is 57.1 Å². The van der Waals surface area contributed by atoms with E-state index in [4.69, 9.17) is 17.0 Å². The molecule has 0 spiro atoms. The van der Waals surface area contributed by atoms with E-state index >= 15 is 0 Å². The number of ether oxygens (including phenoxy) is 1. The summed E-state index contributed by atoms with van der Waals surface area (Å²) in [6.45, 7) is 3.28. The summed E-state index contributed by atoms with van der Waals surface area (Å²) in [5, 5.41) is 1.03. The van der Waals surface area contributed by atoms with Crippen LogP contribution in [0.4, 0.5) is 0 Å². The molecule has 4 heterocycles. The van der Waals surface area contributed by atoms with Crippen LogP contribution in [-0.2, 0) is 20.9 Å². The molecule has 6 nitrogen and oxygen atoms in total. The molecule has 3 aliphatic rings. The number of para-hydroxylation sites is 1. The fourth-order valence-electron chi connectivity index (χ4n) is 4.52. The standard InChI is InChI=1S/C23H25N3O3S2/c27-21(24-9-3-4-10-24)15-25-13-16(18-7-1-2-8-19(18)25)12-20-22(28)26(23(30)31-20)14-17-6-5-11-29-17/h1-2,7-8,12-13,17H,3-6,9-11,14-15H2/b20-12-/t17-/m1/s1. The molecule has 0 aliphatic carbocycles. The number of hydrogen-bond donors (Lipinski definition) is 0. The summed E-state index contributed by atoms with van der Waals surface area (Å²) in [5.41, 5.74) is 1.93. The summed E-state index contributed by atoms with van der Waals surface area (Å²) in [4.78, 5) is 30.0. The number of aromatic nitrogens is 1. The molecule has 0 unspecified atom stereocenters. The Labute approximate surface area is 191 Å². The monoisotopic (exact) mass is 455 g/mol. The van der Waals surface area contributed by atoms with Gasteiger partial charge in [-0.3, -0.25) is 14.5 Å². The van der Waals surface area contributed by atoms with Gasteiger partial charge in [-0.05, 0) is 37.8 Å². The molecule has 31 heavy (non-hydrogen) atoms. The fraction of sp³-hybridized carbons (Fsp3) is 0.435. The van der Waals surface area contributed by atoms with Gasteiger partial charge in [0.2, 0.25) is 5.91 Å². The highest BCUT2D eigenvalue weighted by Gasteiger charge is 2.34. The number of benzene rings is 1. The molecule has 1 atom stereocenters. The van der Waals surface area contributed by atoms with E-state index in [9.17, 15) is 9.59 Å². The van der Waals surface area contributed by atoms with Gasteiger partial charge >= 0.3 is 0 Å². The van der Waals surface area contributed by atoms with Crippen LogP contribution >= 0.6 is 24.0 Å². The van der Waals surface area contributed by atoms with Gasteiger partial charge in [0.05, 0.1) is 17.6 Å². The Balaban J connectivity index is 1.41. The van der Waals surface area contributed by atoms with E-state index in [0.717, 1.165) is 61.8 Å². The van der Waals surface area contributed by atoms with E-state index in [1.54, 1.807) is 4.90 Å². The van der Waals surface area contributed by atoms with Gasteiger partial charge < -0.3 is 14.2 Å². The van der Waals surface area contributed by atoms with Crippen LogP contribution in [0.1, 0.15) is 31.2 Å². The van der Waals surface area contributed by atoms with Gasteiger partial charge in [0.1, 0.15) is 10.9 Å². The average molecular weight is 456 g/mol. The van der Waals surface area contributed by atoms with E-state index < -0.39 is 0 Å². The lowest BCUT2D eigenvalue weighted by atomic mass is 10.1. The quantitative estimate of drug-likeness (QED) is 0.509. The molecular formula is C23H25N3O3S2. The maximum Gasteiger partial charge on any atom is 0.266 e. The minimum atomic E-state index is -0.0597. The third-order valence-corrected chi connectivity index (χ3v) is 7.53. The van der Waals surface area contributed by atoms with Crippen molar-refractivity contribution in [3.63, 3.8) is 0 Å². The van der Waals surface area contributed by atoms with Crippen LogP contribution in [0.15, 0.2) is 35.4 Å². The summed E-state index contributed by atoms with van der Waals surface area (Å²) in [6.07, 6.45) is 8.12. The number of amides is 2. The molecule has 2 amide bonds. The molecule has 2 aromatic rings. The summed E-state index contributed by atoms with van der Waals surface area (Å²) < 4.78 is 8.26. The van der Waals surface area contributed by atoms with E-state index in [-0.39, 0.29) is 17.9 Å². The van der Waals surface area contributed by atoms with Crippen molar-refractivity contribution in [1.29, 1.82) is 0 Å². The number of rotatable bonds is 5. The SMILES string of the molecule is O=C(Cn1cc(/C=C2\SC(=S)N(C[C@H]3CCCO3)C2=O)c2ccccc21)N1CCCC1. The Hall–Kier alpha value is -2.16. The van der Waals surface area contributed by atoms with Crippen LogP contribution in [0, 0.1) is 0 Å². The molecule has 1 aromatic carbocycles. The third kappa shape index (κ3) is 4.16. The molecule has 0 radical (unpaired) electrons. The lowest BCUT2D eigenvalue weighted by Crippen LogP contribution is -2.35. The molecular weight excluding hydrogens is 430 g/mol. The molecule has 3 saturated heterocycles. The van der Waals surface area contributed by atoms with Crippen molar-refractivity contribution in [2.24, 2.45) is 0 Å². The number of carbonyl (C=O) groups is 2. The lowest BCUT2D eigenvalue weighted by Gasteiger charge is -2.18. The first-order valence-corrected chi connectivity index (χ1v) is 12.1. The first-order valence-electron chi connectivity index (χ1n) is 10.8. The van der Waals surface area contributed by atoms with Crippen molar-refractivity contribution in [3.8, 4) is 0 Å². The zero-order valence-electron chi connectivity index (χ0n) is 17.3. The Bertz CT molecular complexity index is 1070. The van der Waals surface area contributed by atoms with E-state index in [2.05, 4.69) is 0 Å². The Kier molecular flexibility index (Phi) is 5.86. The van der Waals surface area contributed by atoms with Gasteiger partial charge in [-0.2, -0.15) is 0 Å². The van der Waals surface area contributed by atoms with Crippen molar-refractivity contribution in [2.75, 3.05) is 26.2 Å². The van der Waals surface area contributed by atoms with Crippen molar-refractivity contribution in [2.45, 2.75) is 38.3 Å². The van der Waals surface area contributed by atoms with Crippen molar-refractivity contribution in [1.82, 2.24) is 14.4 Å². The zero-order chi connectivity index (χ0) is 21.4. The fourth-order valence-corrected chi connectivity index (χ4v) is 5.79. The maximum absolute atomic E-state index is 13.0. The van der Waals surface area contributed by atoms with E-state index in [1.165, 1.54) is 11.8 Å². The second-order valence-electron chi connectivity index (χ2n) is 8.24. The van der Waals surface area contributed by atoms with Crippen LogP contribution in [0.2, 0.25) is 0 Å². The predicted molar refractivity (Wildman–Crippen MR) is 127 cm³/mol. The highest BCUT2D eigenvalue weighted by atomic mass is 32.2. The molecule has 1 aromatic heterocycles. The van der Waals surface area contributed by atoms with Gasteiger partial charge in [0, 0.05) is 42.4 Å². The second kappa shape index (κ2) is 8.76. The van der Waals surface area contributed by atoms with Crippen molar-refractivity contribution < 1.29 is 14.3 Å². The Morgan fingerprint density at radius 3 is 2.81 bits per heavy atom. The van der Waals surface area contributed by atoms with Crippen LogP contribution in [0.3, 0.4) is 0 Å². The normalized spacial score (nSPS) is 23.1. The highest BCUT2D eigenvalue weighted by molar-refractivity contribution is 8.26. The van der Waals surface area contributed by atoms with Gasteiger partial charge in [-0.15, -0.1) is 0 Å². The number of carbonyl (C=O) groups excluding carboxylic acids is 2. The number of nitrogens with zero attached hydrogens (tertiary/aromatic N) is 3. The van der Waals surface area contributed by atoms with Crippen LogP contribution in [0.5, 0.6) is 0 Å². The van der Waals surface area contributed by atoms with Crippen LogP contribution < -0.4 is 0 Å². The number of thiocarbonyl (C=S) groups is 1. The van der Waals surface area contributed by atoms with E-state index in [1.807, 2.05) is 46.0 Å². The zero-order valence-corrected chi connectivity index (χ0v) is 18.9. The first kappa shape index (κ1) is 20.7. The third-order valence-electron chi connectivity index (χ3n) is 6.15. The number of likely N-dealkylation sites (tertiary alicyclic amines) is 1. The average Bonchev–Trinajstić information content (AvgIpc) is 3.56. The molecule has 5 rings (SSSR count). The van der Waals surface area contributed by atoms with Crippen LogP contribution in [0.25, 0.3) is 17.0 Å². The number of thioether (sulfide) groups is 1. The maximum atomic E-state index is 13.0. The number of fused-ring (bicyclic) bond motifs is 1. The van der Waals surface area contributed by atoms with Gasteiger partial charge in [-0.1, -0.05) is 42.2 Å². The smallest absolute Gasteiger partial charge is 0.266 e. The Morgan fingerprint density at radius 1 is 1.23 bits per heavy atom. The van der Waals surface area contributed by atoms with E-state index in [0.29, 0.717) is 22.3 Å². The largest absolute Gasteiger partial charge is 0.376 e. The van der Waals surface area contributed by atoms with Crippen LogP contribution in [-0.4, -0.2) is 62.8 Å². The summed E-state index contributed by atoms with van der Waals surface area (Å²) >= 11 is 6.82. The number of hydrogen-bond acceptors (Lipinski definition) is 5. The topological polar surface area (TPSA) is 54.8 Å². The lowest BCUT2D eigenvalue weighted by molar-refractivity contribution is -0.130. The molecule has 0 saturated carbocycles. The second-order valence-corrected chi connectivity index (χ2v) is 9.92. The minimum absolute atomic E-state index is 0.0597. The summed E-state index contributed by atoms with van der Waals surface area (Å²) in [5.74, 6) is 0.0863. The molecule has 0 bridgehead atoms. The van der Waals surface area contributed by atoms with Crippen molar-refractivity contribution in [3.05, 3.63) is 40.9 Å². The molecule has 162 valence electrons. The highest BCUT2D eigenvalue weighted by Crippen LogP contribution is 2.35. The molecule has 3 aliphatic heterocycles. The molecule has 0 N–H and O–H groups in total. The minimum Gasteiger partial charge on any atom is -0.376 e. The Morgan fingerprint density at radius 2 is 2.03 bits per heavy atom. The van der Waals surface area contributed by atoms with Gasteiger partial charge in [-0.25, -0.2) is 0 Å². The van der Waals surface area contributed by atoms with Gasteiger partial charge in [0.25, 0.3) is 5.91 Å². The van der Waals surface area contributed by atoms with Gasteiger partial charge in [0.15, 0.2) is 0 Å². The molecule has 3 fully saturated rings.